The Bertz CT molecular complexity index is 502. The lowest BCUT2D eigenvalue weighted by atomic mass is 10.1. The zero-order valence-electron chi connectivity index (χ0n) is 13.2. The molecule has 0 aliphatic carbocycles. The molecular formula is C15H25N4OS+. The first-order valence-electron chi connectivity index (χ1n) is 7.10. The number of quaternary nitrogens is 1. The summed E-state index contributed by atoms with van der Waals surface area (Å²) in [6.45, 7) is 5.78. The highest BCUT2D eigenvalue weighted by Gasteiger charge is 2.08. The molecule has 0 aliphatic rings. The third kappa shape index (κ3) is 6.55. The van der Waals surface area contributed by atoms with Crippen LogP contribution in [0.2, 0.25) is 0 Å². The topological polar surface area (TPSA) is 57.6 Å². The van der Waals surface area contributed by atoms with Crippen molar-refractivity contribution >= 4 is 23.2 Å². The fraction of sp³-hybridized carbons (Fsp3) is 0.467. The molecule has 116 valence electrons. The van der Waals surface area contributed by atoms with E-state index in [-0.39, 0.29) is 5.91 Å². The van der Waals surface area contributed by atoms with Crippen LogP contribution < -0.4 is 21.1 Å². The molecule has 0 unspecified atom stereocenters. The fourth-order valence-corrected chi connectivity index (χ4v) is 2.09. The number of carbonyl (C=O) groups is 1. The van der Waals surface area contributed by atoms with E-state index >= 15 is 0 Å². The molecule has 1 aromatic rings. The first-order valence-corrected chi connectivity index (χ1v) is 7.51. The highest BCUT2D eigenvalue weighted by molar-refractivity contribution is 7.80. The minimum atomic E-state index is -0.186. The van der Waals surface area contributed by atoms with Gasteiger partial charge in [0.25, 0.3) is 5.91 Å². The first-order chi connectivity index (χ1) is 9.90. The molecular weight excluding hydrogens is 284 g/mol. The van der Waals surface area contributed by atoms with Crippen molar-refractivity contribution in [2.45, 2.75) is 20.3 Å². The summed E-state index contributed by atoms with van der Waals surface area (Å²) < 4.78 is 0. The van der Waals surface area contributed by atoms with Crippen LogP contribution in [0.15, 0.2) is 18.2 Å². The van der Waals surface area contributed by atoms with E-state index in [0.717, 1.165) is 30.6 Å². The summed E-state index contributed by atoms with van der Waals surface area (Å²) in [5, 5.41) is 3.49. The van der Waals surface area contributed by atoms with Crippen molar-refractivity contribution in [3.05, 3.63) is 34.9 Å². The van der Waals surface area contributed by atoms with E-state index in [4.69, 9.17) is 12.2 Å². The van der Waals surface area contributed by atoms with Crippen LogP contribution >= 0.6 is 12.2 Å². The van der Waals surface area contributed by atoms with E-state index in [1.807, 2.05) is 32.0 Å². The number of hydrogen-bond acceptors (Lipinski definition) is 2. The third-order valence-corrected chi connectivity index (χ3v) is 3.30. The van der Waals surface area contributed by atoms with Crippen LogP contribution in [0.25, 0.3) is 0 Å². The molecule has 0 radical (unpaired) electrons. The van der Waals surface area contributed by atoms with Gasteiger partial charge in [0, 0.05) is 18.5 Å². The van der Waals surface area contributed by atoms with Crippen LogP contribution in [0.5, 0.6) is 0 Å². The van der Waals surface area contributed by atoms with E-state index < -0.39 is 0 Å². The molecule has 1 amide bonds. The molecule has 21 heavy (non-hydrogen) atoms. The molecule has 0 atom stereocenters. The van der Waals surface area contributed by atoms with Gasteiger partial charge >= 0.3 is 0 Å². The van der Waals surface area contributed by atoms with Gasteiger partial charge in [-0.15, -0.1) is 0 Å². The molecule has 6 heteroatoms. The number of thiocarbonyl (C=S) groups is 1. The van der Waals surface area contributed by atoms with Gasteiger partial charge in [0.05, 0.1) is 20.6 Å². The van der Waals surface area contributed by atoms with E-state index in [2.05, 4.69) is 30.3 Å². The zero-order chi connectivity index (χ0) is 15.8. The average Bonchev–Trinajstić information content (AvgIpc) is 2.40. The predicted molar refractivity (Wildman–Crippen MR) is 89.4 cm³/mol. The van der Waals surface area contributed by atoms with Crippen LogP contribution in [0.4, 0.5) is 0 Å². The number of amides is 1. The highest BCUT2D eigenvalue weighted by atomic mass is 32.1. The first kappa shape index (κ1) is 17.4. The van der Waals surface area contributed by atoms with Gasteiger partial charge in [0.1, 0.15) is 0 Å². The van der Waals surface area contributed by atoms with Gasteiger partial charge in [0.15, 0.2) is 5.11 Å². The molecule has 0 aromatic heterocycles. The molecule has 0 saturated carbocycles. The summed E-state index contributed by atoms with van der Waals surface area (Å²) in [5.74, 6) is -0.186. The van der Waals surface area contributed by atoms with Crippen molar-refractivity contribution in [2.24, 2.45) is 0 Å². The van der Waals surface area contributed by atoms with E-state index in [1.165, 1.54) is 4.90 Å². The number of aryl methyl sites for hydroxylation is 2. The molecule has 0 spiro atoms. The molecule has 5 nitrogen and oxygen atoms in total. The summed E-state index contributed by atoms with van der Waals surface area (Å²) in [6.07, 6.45) is 1.02. The van der Waals surface area contributed by atoms with Crippen molar-refractivity contribution in [3.63, 3.8) is 0 Å². The highest BCUT2D eigenvalue weighted by Crippen LogP contribution is 2.09. The van der Waals surface area contributed by atoms with Gasteiger partial charge in [-0.3, -0.25) is 15.6 Å². The van der Waals surface area contributed by atoms with Gasteiger partial charge in [-0.2, -0.15) is 0 Å². The number of benzene rings is 1. The number of rotatable bonds is 5. The van der Waals surface area contributed by atoms with Crippen LogP contribution in [0, 0.1) is 13.8 Å². The van der Waals surface area contributed by atoms with E-state index in [1.54, 1.807) is 0 Å². The van der Waals surface area contributed by atoms with Crippen LogP contribution in [-0.4, -0.2) is 38.2 Å². The number of carbonyl (C=O) groups excluding carboxylic acids is 1. The summed E-state index contributed by atoms with van der Waals surface area (Å²) in [6, 6.07) is 5.72. The molecule has 0 bridgehead atoms. The average molecular weight is 309 g/mol. The maximum absolute atomic E-state index is 12.0. The number of nitrogens with one attached hydrogen (secondary N) is 4. The molecule has 0 heterocycles. The lowest BCUT2D eigenvalue weighted by Crippen LogP contribution is -3.05. The van der Waals surface area contributed by atoms with Crippen LogP contribution in [-0.2, 0) is 0 Å². The fourth-order valence-electron chi connectivity index (χ4n) is 1.94. The van der Waals surface area contributed by atoms with Gasteiger partial charge in [0.2, 0.25) is 0 Å². The molecule has 0 saturated heterocycles. The molecule has 0 fully saturated rings. The maximum Gasteiger partial charge on any atom is 0.269 e. The summed E-state index contributed by atoms with van der Waals surface area (Å²) >= 11 is 5.11. The summed E-state index contributed by atoms with van der Waals surface area (Å²) in [5.41, 5.74) is 8.06. The van der Waals surface area contributed by atoms with Gasteiger partial charge < -0.3 is 10.2 Å². The monoisotopic (exact) mass is 309 g/mol. The van der Waals surface area contributed by atoms with Crippen molar-refractivity contribution in [1.82, 2.24) is 16.2 Å². The second-order valence-corrected chi connectivity index (χ2v) is 5.87. The molecule has 1 rings (SSSR count). The summed E-state index contributed by atoms with van der Waals surface area (Å²) in [4.78, 5) is 13.4. The van der Waals surface area contributed by atoms with Crippen molar-refractivity contribution in [3.8, 4) is 0 Å². The molecule has 1 aromatic carbocycles. The lowest BCUT2D eigenvalue weighted by molar-refractivity contribution is -0.858. The number of hydrogen-bond donors (Lipinski definition) is 4. The number of hydrazine groups is 1. The molecule has 0 aliphatic heterocycles. The normalized spacial score (nSPS) is 10.3. The van der Waals surface area contributed by atoms with Crippen molar-refractivity contribution in [2.75, 3.05) is 27.2 Å². The van der Waals surface area contributed by atoms with Gasteiger partial charge in [-0.1, -0.05) is 17.7 Å². The molecule has 4 N–H and O–H groups in total. The minimum absolute atomic E-state index is 0.186. The van der Waals surface area contributed by atoms with Gasteiger partial charge in [-0.25, -0.2) is 0 Å². The predicted octanol–water partition coefficient (Wildman–Crippen LogP) is -0.0531. The standard InChI is InChI=1S/C15H24N4OS/c1-11-6-7-13(12(2)10-11)14(20)17-18-15(21)16-8-5-9-19(3)4/h6-7,10H,5,8-9H2,1-4H3,(H,17,20)(H2,16,18,21)/p+1. The van der Waals surface area contributed by atoms with E-state index in [0.29, 0.717) is 10.7 Å². The maximum atomic E-state index is 12.0. The Kier molecular flexibility index (Phi) is 7.11. The van der Waals surface area contributed by atoms with Crippen molar-refractivity contribution < 1.29 is 9.69 Å². The van der Waals surface area contributed by atoms with E-state index in [9.17, 15) is 4.79 Å². The Morgan fingerprint density at radius 1 is 1.24 bits per heavy atom. The Balaban J connectivity index is 2.34. The Labute approximate surface area is 132 Å². The second kappa shape index (κ2) is 8.59. The largest absolute Gasteiger partial charge is 0.361 e. The third-order valence-electron chi connectivity index (χ3n) is 3.06. The second-order valence-electron chi connectivity index (χ2n) is 5.46. The Hall–Kier alpha value is -1.66. The Morgan fingerprint density at radius 2 is 1.95 bits per heavy atom. The van der Waals surface area contributed by atoms with Crippen LogP contribution in [0.3, 0.4) is 0 Å². The quantitative estimate of drug-likeness (QED) is 0.350. The SMILES string of the molecule is Cc1ccc(C(=O)NNC(=S)NCCC[NH+](C)C)c(C)c1. The van der Waals surface area contributed by atoms with Gasteiger partial charge in [-0.05, 0) is 37.7 Å². The van der Waals surface area contributed by atoms with Crippen molar-refractivity contribution in [1.29, 1.82) is 0 Å². The smallest absolute Gasteiger partial charge is 0.269 e. The lowest BCUT2D eigenvalue weighted by Gasteiger charge is -2.13. The van der Waals surface area contributed by atoms with Crippen LogP contribution in [0.1, 0.15) is 27.9 Å². The zero-order valence-corrected chi connectivity index (χ0v) is 14.0. The summed E-state index contributed by atoms with van der Waals surface area (Å²) in [7, 11) is 4.22. The Morgan fingerprint density at radius 3 is 2.57 bits per heavy atom. The minimum Gasteiger partial charge on any atom is -0.361 e.